The summed E-state index contributed by atoms with van der Waals surface area (Å²) in [6, 6.07) is 0. The summed E-state index contributed by atoms with van der Waals surface area (Å²) in [4.78, 5) is 8.36. The third-order valence-corrected chi connectivity index (χ3v) is 0. The molecule has 0 aromatic carbocycles. The normalized spacial score (nSPS) is 2.40. The van der Waals surface area contributed by atoms with Crippen LogP contribution in [0.5, 0.6) is 0 Å². The minimum Gasteiger partial charge on any atom is -1.00 e. The molecule has 0 unspecified atom stereocenters. The molecule has 28 valence electrons. The third kappa shape index (κ3) is 190. The Morgan fingerprint density at radius 2 is 1.80 bits per heavy atom. The maximum absolute atomic E-state index is 8.36. The second-order valence-corrected chi connectivity index (χ2v) is 0.105. The molecule has 0 saturated carbocycles. The summed E-state index contributed by atoms with van der Waals surface area (Å²) in [6.07, 6.45) is 0. The molecular formula is CH4ClLiO2. The van der Waals surface area contributed by atoms with Gasteiger partial charge in [-0.3, -0.25) is 4.79 Å². The van der Waals surface area contributed by atoms with Crippen molar-refractivity contribution in [1.29, 1.82) is 0 Å². The first kappa shape index (κ1) is 18.3. The van der Waals surface area contributed by atoms with Crippen molar-refractivity contribution in [3.8, 4) is 0 Å². The largest absolute Gasteiger partial charge is 1.00 e. The van der Waals surface area contributed by atoms with Crippen LogP contribution in [0.4, 0.5) is 0 Å². The third-order valence-electron chi connectivity index (χ3n) is 0. The molecule has 1 N–H and O–H groups in total. The molecule has 0 fully saturated rings. The fraction of sp³-hybridized carbons (Fsp3) is 0. The fourth-order valence-electron chi connectivity index (χ4n) is 0. The van der Waals surface area contributed by atoms with Crippen molar-refractivity contribution in [2.45, 2.75) is 0 Å². The van der Waals surface area contributed by atoms with Gasteiger partial charge in [-0.25, -0.2) is 0 Å². The van der Waals surface area contributed by atoms with Gasteiger partial charge in [-0.1, -0.05) is 0 Å². The van der Waals surface area contributed by atoms with E-state index in [1.54, 1.807) is 0 Å². The average molecular weight is 90.4 g/mol. The summed E-state index contributed by atoms with van der Waals surface area (Å²) in [7, 11) is 0. The molecule has 0 rings (SSSR count). The first-order valence-electron chi connectivity index (χ1n) is 0.494. The summed E-state index contributed by atoms with van der Waals surface area (Å²) < 4.78 is 0. The van der Waals surface area contributed by atoms with Gasteiger partial charge >= 0.3 is 18.9 Å². The quantitative estimate of drug-likeness (QED) is 0.258. The topological polar surface area (TPSA) is 37.3 Å². The van der Waals surface area contributed by atoms with Gasteiger partial charge in [0, 0.05) is 0 Å². The molecule has 5 heavy (non-hydrogen) atoms. The first-order valence-corrected chi connectivity index (χ1v) is 0.494. The summed E-state index contributed by atoms with van der Waals surface area (Å²) in [5, 5.41) is 6.89. The number of rotatable bonds is 0. The summed E-state index contributed by atoms with van der Waals surface area (Å²) >= 11 is 0. The van der Waals surface area contributed by atoms with Gasteiger partial charge in [0.2, 0.25) is 0 Å². The van der Waals surface area contributed by atoms with Gasteiger partial charge in [-0.15, -0.1) is 12.4 Å². The van der Waals surface area contributed by atoms with Gasteiger partial charge in [-0.05, 0) is 0 Å². The molecule has 0 aliphatic carbocycles. The van der Waals surface area contributed by atoms with Crippen molar-refractivity contribution in [1.82, 2.24) is 0 Å². The van der Waals surface area contributed by atoms with Crippen molar-refractivity contribution in [2.24, 2.45) is 0 Å². The van der Waals surface area contributed by atoms with E-state index in [1.807, 2.05) is 0 Å². The molecule has 4 heteroatoms. The van der Waals surface area contributed by atoms with Crippen LogP contribution in [0.25, 0.3) is 0 Å². The molecule has 0 saturated heterocycles. The van der Waals surface area contributed by atoms with Gasteiger partial charge in [-0.2, -0.15) is 0 Å². The Morgan fingerprint density at radius 3 is 1.80 bits per heavy atom. The average Bonchev–Trinajstić information content (AvgIpc) is 0.918. The van der Waals surface area contributed by atoms with Crippen LogP contribution in [-0.2, 0) is 4.79 Å². The van der Waals surface area contributed by atoms with Crippen molar-refractivity contribution < 1.29 is 30.2 Å². The zero-order chi connectivity index (χ0) is 2.71. The molecule has 0 aromatic heterocycles. The van der Waals surface area contributed by atoms with Crippen LogP contribution in [0.15, 0.2) is 0 Å². The minimum atomic E-state index is -0.250. The first-order chi connectivity index (χ1) is 1.41. The van der Waals surface area contributed by atoms with E-state index in [0.717, 1.165) is 0 Å². The zero-order valence-electron chi connectivity index (χ0n) is 3.84. The van der Waals surface area contributed by atoms with Crippen LogP contribution in [-0.4, -0.2) is 11.6 Å². The smallest absolute Gasteiger partial charge is 1.00 e. The van der Waals surface area contributed by atoms with Crippen molar-refractivity contribution >= 4 is 18.9 Å². The summed E-state index contributed by atoms with van der Waals surface area (Å²) in [5.74, 6) is 0. The molecule has 0 amide bonds. The number of halogens is 1. The zero-order valence-corrected chi connectivity index (χ0v) is 3.66. The SMILES string of the molecule is Cl.O=CO.[H-].[Li+]. The van der Waals surface area contributed by atoms with Gasteiger partial charge in [0.25, 0.3) is 6.47 Å². The molecule has 0 atom stereocenters. The number of carbonyl (C=O) groups is 1. The van der Waals surface area contributed by atoms with E-state index in [2.05, 4.69) is 0 Å². The van der Waals surface area contributed by atoms with Crippen LogP contribution >= 0.6 is 12.4 Å². The van der Waals surface area contributed by atoms with Crippen molar-refractivity contribution in [3.05, 3.63) is 0 Å². The van der Waals surface area contributed by atoms with E-state index in [-0.39, 0.29) is 39.2 Å². The van der Waals surface area contributed by atoms with Crippen LogP contribution in [0.3, 0.4) is 0 Å². The van der Waals surface area contributed by atoms with Gasteiger partial charge in [0.05, 0.1) is 0 Å². The van der Waals surface area contributed by atoms with Gasteiger partial charge < -0.3 is 6.53 Å². The maximum atomic E-state index is 8.36. The molecule has 0 bridgehead atoms. The predicted molar refractivity (Wildman–Crippen MR) is 17.1 cm³/mol. The van der Waals surface area contributed by atoms with Crippen LogP contribution in [0, 0.1) is 0 Å². The van der Waals surface area contributed by atoms with E-state index < -0.39 is 0 Å². The summed E-state index contributed by atoms with van der Waals surface area (Å²) in [6.45, 7) is -0.250. The maximum Gasteiger partial charge on any atom is 1.00 e. The Labute approximate surface area is 49.6 Å². The number of hydrogen-bond acceptors (Lipinski definition) is 1. The Balaban J connectivity index is -0.00000000667. The molecule has 0 spiro atoms. The van der Waals surface area contributed by atoms with E-state index in [0.29, 0.717) is 0 Å². The van der Waals surface area contributed by atoms with E-state index in [1.165, 1.54) is 0 Å². The Kier molecular flexibility index (Phi) is 97.6. The Morgan fingerprint density at radius 1 is 1.80 bits per heavy atom. The van der Waals surface area contributed by atoms with Crippen LogP contribution < -0.4 is 18.9 Å². The Bertz CT molecular complexity index is 21.0. The standard InChI is InChI=1S/CH2O2.ClH.Li.H/c2-1-3;;;/h1H,(H,2,3);1H;;/q;;+1;-1. The number of carboxylic acid groups (broad SMARTS) is 1. The molecule has 0 radical (unpaired) electrons. The van der Waals surface area contributed by atoms with Crippen LogP contribution in [0.1, 0.15) is 1.43 Å². The second-order valence-electron chi connectivity index (χ2n) is 0.105. The van der Waals surface area contributed by atoms with Crippen molar-refractivity contribution in [2.75, 3.05) is 0 Å². The van der Waals surface area contributed by atoms with Crippen molar-refractivity contribution in [3.63, 3.8) is 0 Å². The fourth-order valence-corrected chi connectivity index (χ4v) is 0. The monoisotopic (exact) mass is 90.0 g/mol. The van der Waals surface area contributed by atoms with Crippen LogP contribution in [0.2, 0.25) is 0 Å². The van der Waals surface area contributed by atoms with Gasteiger partial charge in [0.15, 0.2) is 0 Å². The molecule has 0 aromatic rings. The molecule has 2 nitrogen and oxygen atoms in total. The second kappa shape index (κ2) is 26.7. The minimum absolute atomic E-state index is 0. The molecule has 0 aliphatic heterocycles. The predicted octanol–water partition coefficient (Wildman–Crippen LogP) is -2.76. The van der Waals surface area contributed by atoms with E-state index in [9.17, 15) is 0 Å². The summed E-state index contributed by atoms with van der Waals surface area (Å²) in [5.41, 5.74) is 0. The molecular weight excluding hydrogens is 86.4 g/mol. The Hall–Kier alpha value is 0.357. The van der Waals surface area contributed by atoms with E-state index in [4.69, 9.17) is 9.90 Å². The van der Waals surface area contributed by atoms with Gasteiger partial charge in [0.1, 0.15) is 0 Å². The number of hydrogen-bond donors (Lipinski definition) is 1. The molecule has 0 aliphatic rings. The molecule has 0 heterocycles. The van der Waals surface area contributed by atoms with E-state index >= 15 is 0 Å².